The average Bonchev–Trinajstić information content (AvgIpc) is 2.75. The third-order valence-corrected chi connectivity index (χ3v) is 5.09. The summed E-state index contributed by atoms with van der Waals surface area (Å²) in [4.78, 5) is 0.893. The molecule has 1 unspecified atom stereocenters. The normalized spacial score (nSPS) is 13.6. The molecule has 2 aromatic rings. The lowest BCUT2D eigenvalue weighted by Crippen LogP contribution is -2.26. The van der Waals surface area contributed by atoms with Crippen LogP contribution in [-0.4, -0.2) is 5.11 Å². The largest absolute Gasteiger partial charge is 0.387 e. The highest BCUT2D eigenvalue weighted by Gasteiger charge is 2.32. The zero-order valence-electron chi connectivity index (χ0n) is 10.2. The van der Waals surface area contributed by atoms with Gasteiger partial charge in [-0.2, -0.15) is 0 Å². The summed E-state index contributed by atoms with van der Waals surface area (Å²) in [6, 6.07) is 8.21. The lowest BCUT2D eigenvalue weighted by atomic mass is 9.79. The Labute approximate surface area is 118 Å². The maximum Gasteiger partial charge on any atom is 0.123 e. The molecule has 0 saturated carbocycles. The summed E-state index contributed by atoms with van der Waals surface area (Å²) in [6.07, 6.45) is -0.627. The Morgan fingerprint density at radius 3 is 2.33 bits per heavy atom. The van der Waals surface area contributed by atoms with Crippen LogP contribution in [-0.2, 0) is 5.41 Å². The fourth-order valence-corrected chi connectivity index (χ4v) is 3.62. The zero-order chi connectivity index (χ0) is 13.3. The van der Waals surface area contributed by atoms with Gasteiger partial charge in [0.25, 0.3) is 0 Å². The molecule has 1 aromatic heterocycles. The number of benzene rings is 1. The summed E-state index contributed by atoms with van der Waals surface area (Å²) in [7, 11) is 0. The third kappa shape index (κ3) is 2.51. The summed E-state index contributed by atoms with van der Waals surface area (Å²) >= 11 is 4.95. The minimum absolute atomic E-state index is 0.263. The smallest absolute Gasteiger partial charge is 0.123 e. The van der Waals surface area contributed by atoms with E-state index in [1.165, 1.54) is 23.5 Å². The molecular formula is C14H14BrFOS. The first-order valence-electron chi connectivity index (χ1n) is 5.60. The minimum Gasteiger partial charge on any atom is -0.387 e. The van der Waals surface area contributed by atoms with Gasteiger partial charge in [0.2, 0.25) is 0 Å². The Morgan fingerprint density at radius 1 is 1.22 bits per heavy atom. The van der Waals surface area contributed by atoms with Gasteiger partial charge in [-0.1, -0.05) is 26.0 Å². The Balaban J connectivity index is 2.36. The van der Waals surface area contributed by atoms with E-state index in [1.54, 1.807) is 12.1 Å². The number of halogens is 2. The van der Waals surface area contributed by atoms with Gasteiger partial charge in [0.15, 0.2) is 0 Å². The number of aliphatic hydroxyl groups is 1. The van der Waals surface area contributed by atoms with Crippen molar-refractivity contribution in [3.8, 4) is 0 Å². The summed E-state index contributed by atoms with van der Waals surface area (Å²) in [5.74, 6) is -0.263. The Hall–Kier alpha value is -0.710. The van der Waals surface area contributed by atoms with Crippen LogP contribution in [0.4, 0.5) is 4.39 Å². The van der Waals surface area contributed by atoms with Crippen LogP contribution in [0, 0.1) is 5.82 Å². The second-order valence-electron chi connectivity index (χ2n) is 4.76. The van der Waals surface area contributed by atoms with Gasteiger partial charge < -0.3 is 5.11 Å². The number of hydrogen-bond acceptors (Lipinski definition) is 2. The first-order valence-corrected chi connectivity index (χ1v) is 7.27. The summed E-state index contributed by atoms with van der Waals surface area (Å²) < 4.78 is 13.9. The van der Waals surface area contributed by atoms with Crippen molar-refractivity contribution in [3.63, 3.8) is 0 Å². The standard InChI is InChI=1S/C14H14BrFOS/c1-14(2,9-3-5-10(16)6-4-9)13(17)12-11(15)7-8-18-12/h3-8,13,17H,1-2H3. The van der Waals surface area contributed by atoms with Crippen molar-refractivity contribution in [1.29, 1.82) is 0 Å². The van der Waals surface area contributed by atoms with Crippen molar-refractivity contribution < 1.29 is 9.50 Å². The van der Waals surface area contributed by atoms with E-state index in [9.17, 15) is 9.50 Å². The van der Waals surface area contributed by atoms with Crippen LogP contribution in [0.3, 0.4) is 0 Å². The van der Waals surface area contributed by atoms with Crippen molar-refractivity contribution >= 4 is 27.3 Å². The quantitative estimate of drug-likeness (QED) is 0.868. The van der Waals surface area contributed by atoms with Crippen LogP contribution in [0.1, 0.15) is 30.4 Å². The highest BCUT2D eigenvalue weighted by Crippen LogP contribution is 2.41. The molecule has 0 fully saturated rings. The van der Waals surface area contributed by atoms with E-state index < -0.39 is 11.5 Å². The first kappa shape index (κ1) is 13.7. The SMILES string of the molecule is CC(C)(c1ccc(F)cc1)C(O)c1sccc1Br. The van der Waals surface area contributed by atoms with E-state index >= 15 is 0 Å². The molecule has 96 valence electrons. The third-order valence-electron chi connectivity index (χ3n) is 3.16. The summed E-state index contributed by atoms with van der Waals surface area (Å²) in [5.41, 5.74) is 0.442. The second-order valence-corrected chi connectivity index (χ2v) is 6.57. The second kappa shape index (κ2) is 5.11. The van der Waals surface area contributed by atoms with E-state index in [0.717, 1.165) is 14.9 Å². The molecule has 1 aromatic carbocycles. The molecule has 2 rings (SSSR count). The van der Waals surface area contributed by atoms with Gasteiger partial charge in [-0.05, 0) is 45.1 Å². The van der Waals surface area contributed by atoms with Gasteiger partial charge in [-0.15, -0.1) is 11.3 Å². The first-order chi connectivity index (χ1) is 8.43. The summed E-state index contributed by atoms with van der Waals surface area (Å²) in [6.45, 7) is 3.91. The molecule has 0 saturated heterocycles. The van der Waals surface area contributed by atoms with Crippen molar-refractivity contribution in [3.05, 3.63) is 56.4 Å². The number of thiophene rings is 1. The number of rotatable bonds is 3. The molecule has 0 aliphatic heterocycles. The van der Waals surface area contributed by atoms with Crippen molar-refractivity contribution in [2.75, 3.05) is 0 Å². The van der Waals surface area contributed by atoms with Crippen molar-refractivity contribution in [2.24, 2.45) is 0 Å². The van der Waals surface area contributed by atoms with Crippen molar-refractivity contribution in [1.82, 2.24) is 0 Å². The molecule has 4 heteroatoms. The molecule has 1 atom stereocenters. The molecule has 0 amide bonds. The maximum absolute atomic E-state index is 12.9. The van der Waals surface area contributed by atoms with Crippen LogP contribution in [0.15, 0.2) is 40.2 Å². The molecule has 1 N–H and O–H groups in total. The van der Waals surface area contributed by atoms with Crippen LogP contribution in [0.5, 0.6) is 0 Å². The van der Waals surface area contributed by atoms with E-state index in [0.29, 0.717) is 0 Å². The van der Waals surface area contributed by atoms with E-state index in [1.807, 2.05) is 25.3 Å². The molecular weight excluding hydrogens is 315 g/mol. The molecule has 0 radical (unpaired) electrons. The van der Waals surface area contributed by atoms with Gasteiger partial charge in [0.1, 0.15) is 5.82 Å². The lowest BCUT2D eigenvalue weighted by Gasteiger charge is -2.31. The van der Waals surface area contributed by atoms with Crippen LogP contribution < -0.4 is 0 Å². The Kier molecular flexibility index (Phi) is 3.90. The van der Waals surface area contributed by atoms with Gasteiger partial charge in [0, 0.05) is 14.8 Å². The van der Waals surface area contributed by atoms with Crippen LogP contribution in [0.25, 0.3) is 0 Å². The molecule has 0 aliphatic carbocycles. The lowest BCUT2D eigenvalue weighted by molar-refractivity contribution is 0.103. The van der Waals surface area contributed by atoms with Gasteiger partial charge in [0.05, 0.1) is 6.10 Å². The van der Waals surface area contributed by atoms with Gasteiger partial charge in [-0.25, -0.2) is 4.39 Å². The molecule has 0 aliphatic rings. The topological polar surface area (TPSA) is 20.2 Å². The minimum atomic E-state index is -0.627. The molecule has 18 heavy (non-hydrogen) atoms. The van der Waals surface area contributed by atoms with E-state index in [2.05, 4.69) is 15.9 Å². The van der Waals surface area contributed by atoms with E-state index in [4.69, 9.17) is 0 Å². The van der Waals surface area contributed by atoms with Crippen molar-refractivity contribution in [2.45, 2.75) is 25.4 Å². The fraction of sp³-hybridized carbons (Fsp3) is 0.286. The Morgan fingerprint density at radius 2 is 1.83 bits per heavy atom. The number of hydrogen-bond donors (Lipinski definition) is 1. The fourth-order valence-electron chi connectivity index (χ4n) is 1.87. The number of aliphatic hydroxyl groups excluding tert-OH is 1. The highest BCUT2D eigenvalue weighted by atomic mass is 79.9. The predicted octanol–water partition coefficient (Wildman–Crippen LogP) is 4.66. The zero-order valence-corrected chi connectivity index (χ0v) is 12.6. The maximum atomic E-state index is 12.9. The molecule has 0 bridgehead atoms. The predicted molar refractivity (Wildman–Crippen MR) is 76.4 cm³/mol. The van der Waals surface area contributed by atoms with Crippen LogP contribution in [0.2, 0.25) is 0 Å². The van der Waals surface area contributed by atoms with Gasteiger partial charge in [-0.3, -0.25) is 0 Å². The Bertz CT molecular complexity index is 533. The van der Waals surface area contributed by atoms with E-state index in [-0.39, 0.29) is 5.82 Å². The highest BCUT2D eigenvalue weighted by molar-refractivity contribution is 9.10. The monoisotopic (exact) mass is 328 g/mol. The summed E-state index contributed by atoms with van der Waals surface area (Å²) in [5, 5.41) is 12.5. The van der Waals surface area contributed by atoms with Gasteiger partial charge >= 0.3 is 0 Å². The molecule has 1 nitrogen and oxygen atoms in total. The molecule has 0 spiro atoms. The van der Waals surface area contributed by atoms with Crippen LogP contribution >= 0.6 is 27.3 Å². The average molecular weight is 329 g/mol. The molecule has 1 heterocycles.